The van der Waals surface area contributed by atoms with E-state index in [9.17, 15) is 0 Å². The van der Waals surface area contributed by atoms with E-state index in [1.165, 1.54) is 6.20 Å². The molecule has 0 saturated carbocycles. The van der Waals surface area contributed by atoms with E-state index in [0.29, 0.717) is 15.6 Å². The molecule has 1 heterocycles. The van der Waals surface area contributed by atoms with Crippen LogP contribution in [0, 0.1) is 0 Å². The van der Waals surface area contributed by atoms with Crippen LogP contribution in [-0.2, 0) is 0 Å². The average molecular weight is 318 g/mol. The van der Waals surface area contributed by atoms with Gasteiger partial charge < -0.3 is 5.73 Å². The van der Waals surface area contributed by atoms with Gasteiger partial charge in [0.05, 0.1) is 10.0 Å². The van der Waals surface area contributed by atoms with Gasteiger partial charge in [-0.15, -0.1) is 12.4 Å². The fourth-order valence-electron chi connectivity index (χ4n) is 1.55. The maximum Gasteiger partial charge on any atom is 0.148 e. The molecular weight excluding hydrogens is 302 g/mol. The van der Waals surface area contributed by atoms with Crippen LogP contribution in [0.4, 0.5) is 0 Å². The predicted octanol–water partition coefficient (Wildman–Crippen LogP) is 5.04. The molecule has 2 N–H and O–H groups in total. The molecule has 0 spiro atoms. The van der Waals surface area contributed by atoms with Gasteiger partial charge in [0, 0.05) is 17.8 Å². The number of aromatic nitrogens is 1. The Bertz CT molecular complexity index is 358. The first kappa shape index (κ1) is 17.3. The summed E-state index contributed by atoms with van der Waals surface area (Å²) in [5, 5.41) is 1.11. The second-order valence-corrected chi connectivity index (χ2v) is 4.87. The number of hydrogen-bond donors (Lipinski definition) is 1. The smallest absolute Gasteiger partial charge is 0.148 e. The molecule has 0 aromatic carbocycles. The average Bonchev–Trinajstić information content (AvgIpc) is 2.24. The van der Waals surface area contributed by atoms with E-state index in [2.05, 4.69) is 11.9 Å². The monoisotopic (exact) mass is 316 g/mol. The molecule has 1 aromatic heterocycles. The molecule has 2 nitrogen and oxygen atoms in total. The van der Waals surface area contributed by atoms with Gasteiger partial charge in [-0.2, -0.15) is 0 Å². The van der Waals surface area contributed by atoms with E-state index in [1.807, 2.05) is 0 Å². The molecule has 0 radical (unpaired) electrons. The van der Waals surface area contributed by atoms with Crippen molar-refractivity contribution >= 4 is 47.2 Å². The zero-order chi connectivity index (χ0) is 12.1. The molecule has 0 fully saturated rings. The minimum atomic E-state index is -0.174. The third-order valence-electron chi connectivity index (χ3n) is 2.46. The van der Waals surface area contributed by atoms with Gasteiger partial charge in [-0.1, -0.05) is 61.0 Å². The van der Waals surface area contributed by atoms with Crippen LogP contribution in [-0.4, -0.2) is 4.98 Å². The van der Waals surface area contributed by atoms with Gasteiger partial charge in [0.15, 0.2) is 0 Å². The Morgan fingerprint density at radius 2 is 1.94 bits per heavy atom. The fraction of sp³-hybridized carbons (Fsp3) is 0.545. The highest BCUT2D eigenvalue weighted by molar-refractivity contribution is 6.43. The number of nitrogens with zero attached hydrogens (tertiary/aromatic N) is 1. The minimum Gasteiger partial charge on any atom is -0.324 e. The van der Waals surface area contributed by atoms with Gasteiger partial charge >= 0.3 is 0 Å². The summed E-state index contributed by atoms with van der Waals surface area (Å²) in [4.78, 5) is 3.86. The zero-order valence-electron chi connectivity index (χ0n) is 9.55. The van der Waals surface area contributed by atoms with Crippen LogP contribution in [0.5, 0.6) is 0 Å². The first-order chi connectivity index (χ1) is 7.57. The van der Waals surface area contributed by atoms with Gasteiger partial charge in [-0.25, -0.2) is 4.98 Å². The molecule has 6 heteroatoms. The maximum absolute atomic E-state index is 6.05. The van der Waals surface area contributed by atoms with Crippen LogP contribution in [0.25, 0.3) is 0 Å². The van der Waals surface area contributed by atoms with Crippen molar-refractivity contribution in [2.24, 2.45) is 5.73 Å². The van der Waals surface area contributed by atoms with E-state index < -0.39 is 0 Å². The van der Waals surface area contributed by atoms with Gasteiger partial charge in [0.1, 0.15) is 5.15 Å². The molecule has 0 aliphatic rings. The second-order valence-electron chi connectivity index (χ2n) is 3.73. The highest BCUT2D eigenvalue weighted by Crippen LogP contribution is 2.34. The molecule has 98 valence electrons. The van der Waals surface area contributed by atoms with E-state index in [4.69, 9.17) is 40.5 Å². The van der Waals surface area contributed by atoms with Crippen LogP contribution in [0.1, 0.15) is 44.2 Å². The van der Waals surface area contributed by atoms with Crippen molar-refractivity contribution in [1.29, 1.82) is 0 Å². The minimum absolute atomic E-state index is 0. The number of halogens is 4. The highest BCUT2D eigenvalue weighted by atomic mass is 35.5. The third kappa shape index (κ3) is 4.80. The highest BCUT2D eigenvalue weighted by Gasteiger charge is 2.17. The van der Waals surface area contributed by atoms with Crippen molar-refractivity contribution in [3.8, 4) is 0 Å². The van der Waals surface area contributed by atoms with Crippen molar-refractivity contribution in [2.45, 2.75) is 38.6 Å². The van der Waals surface area contributed by atoms with E-state index in [1.54, 1.807) is 0 Å². The molecule has 17 heavy (non-hydrogen) atoms. The summed E-state index contributed by atoms with van der Waals surface area (Å²) in [6, 6.07) is -0.174. The first-order valence-corrected chi connectivity index (χ1v) is 6.46. The van der Waals surface area contributed by atoms with Crippen molar-refractivity contribution in [3.63, 3.8) is 0 Å². The normalized spacial score (nSPS) is 12.1. The van der Waals surface area contributed by atoms with E-state index in [-0.39, 0.29) is 23.6 Å². The lowest BCUT2D eigenvalue weighted by atomic mass is 10.0. The topological polar surface area (TPSA) is 38.9 Å². The molecule has 0 unspecified atom stereocenters. The third-order valence-corrected chi connectivity index (χ3v) is 3.52. The number of nitrogens with two attached hydrogens (primary N) is 1. The quantitative estimate of drug-likeness (QED) is 0.610. The Morgan fingerprint density at radius 3 is 2.53 bits per heavy atom. The molecule has 0 aliphatic carbocycles. The first-order valence-electron chi connectivity index (χ1n) is 5.32. The van der Waals surface area contributed by atoms with Crippen LogP contribution in [0.2, 0.25) is 15.2 Å². The van der Waals surface area contributed by atoms with Crippen molar-refractivity contribution in [1.82, 2.24) is 4.98 Å². The largest absolute Gasteiger partial charge is 0.324 e. The van der Waals surface area contributed by atoms with Crippen LogP contribution in [0.15, 0.2) is 6.20 Å². The Kier molecular flexibility index (Phi) is 8.52. The Morgan fingerprint density at radius 1 is 1.29 bits per heavy atom. The lowest BCUT2D eigenvalue weighted by Crippen LogP contribution is -2.12. The van der Waals surface area contributed by atoms with Crippen molar-refractivity contribution < 1.29 is 0 Å². The van der Waals surface area contributed by atoms with Crippen molar-refractivity contribution in [2.75, 3.05) is 0 Å². The summed E-state index contributed by atoms with van der Waals surface area (Å²) in [7, 11) is 0. The summed E-state index contributed by atoms with van der Waals surface area (Å²) in [5.41, 5.74) is 6.76. The van der Waals surface area contributed by atoms with Gasteiger partial charge in [-0.05, 0) is 6.42 Å². The van der Waals surface area contributed by atoms with E-state index in [0.717, 1.165) is 25.7 Å². The SMILES string of the molecule is CCCCC[C@@H](N)c1c(Cl)cnc(Cl)c1Cl.Cl. The molecule has 0 amide bonds. The number of pyridine rings is 1. The Balaban J connectivity index is 0.00000256. The molecule has 0 bridgehead atoms. The van der Waals surface area contributed by atoms with Crippen LogP contribution < -0.4 is 5.73 Å². The standard InChI is InChI=1S/C11H15Cl3N2.ClH/c1-2-3-4-5-8(15)9-7(12)6-16-11(14)10(9)13;/h6,8H,2-5,15H2,1H3;1H/t8-;/m1./s1. The summed E-state index contributed by atoms with van der Waals surface area (Å²) < 4.78 is 0. The lowest BCUT2D eigenvalue weighted by Gasteiger charge is -2.15. The summed E-state index contributed by atoms with van der Waals surface area (Å²) in [5.74, 6) is 0. The van der Waals surface area contributed by atoms with Gasteiger partial charge in [0.2, 0.25) is 0 Å². The van der Waals surface area contributed by atoms with Crippen LogP contribution >= 0.6 is 47.2 Å². The second kappa shape index (κ2) is 8.39. The Labute approximate surface area is 123 Å². The zero-order valence-corrected chi connectivity index (χ0v) is 12.6. The van der Waals surface area contributed by atoms with Gasteiger partial charge in [0.25, 0.3) is 0 Å². The molecule has 0 aliphatic heterocycles. The number of rotatable bonds is 5. The molecule has 1 rings (SSSR count). The van der Waals surface area contributed by atoms with Crippen molar-refractivity contribution in [3.05, 3.63) is 27.0 Å². The van der Waals surface area contributed by atoms with Gasteiger partial charge in [-0.3, -0.25) is 0 Å². The van der Waals surface area contributed by atoms with E-state index >= 15 is 0 Å². The summed E-state index contributed by atoms with van der Waals surface area (Å²) in [6.45, 7) is 2.15. The lowest BCUT2D eigenvalue weighted by molar-refractivity contribution is 0.581. The number of hydrogen-bond acceptors (Lipinski definition) is 2. The molecule has 1 aromatic rings. The maximum atomic E-state index is 6.05. The fourth-order valence-corrected chi connectivity index (χ4v) is 2.33. The molecule has 1 atom stereocenters. The van der Waals surface area contributed by atoms with Crippen LogP contribution in [0.3, 0.4) is 0 Å². The Hall–Kier alpha value is 0.270. The predicted molar refractivity (Wildman–Crippen MR) is 77.6 cm³/mol. The summed E-state index contributed by atoms with van der Waals surface area (Å²) >= 11 is 17.9. The summed E-state index contributed by atoms with van der Waals surface area (Å²) in [6.07, 6.45) is 5.72. The molecule has 0 saturated heterocycles. The molecular formula is C11H16Cl4N2. The number of unbranched alkanes of at least 4 members (excludes halogenated alkanes) is 2.